The van der Waals surface area contributed by atoms with Gasteiger partial charge in [0.25, 0.3) is 0 Å². The molecule has 1 aromatic rings. The zero-order chi connectivity index (χ0) is 12.8. The van der Waals surface area contributed by atoms with Crippen LogP contribution in [0.5, 0.6) is 5.75 Å². The zero-order valence-corrected chi connectivity index (χ0v) is 10.6. The Bertz CT molecular complexity index is 383. The minimum atomic E-state index is -0.321. The highest BCUT2D eigenvalue weighted by atomic mass is 16.5. The molecule has 4 nitrogen and oxygen atoms in total. The monoisotopic (exact) mass is 249 g/mol. The second kappa shape index (κ2) is 6.40. The van der Waals surface area contributed by atoms with Crippen molar-refractivity contribution in [3.63, 3.8) is 0 Å². The van der Waals surface area contributed by atoms with Crippen molar-refractivity contribution >= 4 is 5.97 Å². The molecule has 1 aromatic carbocycles. The molecular weight excluding hydrogens is 230 g/mol. The summed E-state index contributed by atoms with van der Waals surface area (Å²) in [6.07, 6.45) is 2.43. The van der Waals surface area contributed by atoms with E-state index in [1.165, 1.54) is 20.0 Å². The third kappa shape index (κ3) is 3.47. The zero-order valence-electron chi connectivity index (χ0n) is 10.6. The van der Waals surface area contributed by atoms with Crippen LogP contribution in [0.25, 0.3) is 0 Å². The van der Waals surface area contributed by atoms with E-state index in [4.69, 9.17) is 4.74 Å². The second-order valence-corrected chi connectivity index (χ2v) is 4.54. The fourth-order valence-electron chi connectivity index (χ4n) is 2.09. The van der Waals surface area contributed by atoms with Crippen LogP contribution >= 0.6 is 0 Å². The molecule has 18 heavy (non-hydrogen) atoms. The molecule has 1 aliphatic rings. The second-order valence-electron chi connectivity index (χ2n) is 4.54. The summed E-state index contributed by atoms with van der Waals surface area (Å²) in [5.41, 5.74) is 0.546. The van der Waals surface area contributed by atoms with Gasteiger partial charge in [0.1, 0.15) is 5.75 Å². The van der Waals surface area contributed by atoms with Gasteiger partial charge in [-0.05, 0) is 43.7 Å². The Kier molecular flexibility index (Phi) is 4.59. The van der Waals surface area contributed by atoms with E-state index in [0.717, 1.165) is 25.4 Å². The predicted octanol–water partition coefficient (Wildman–Crippen LogP) is 1.85. The first-order chi connectivity index (χ1) is 8.79. The topological polar surface area (TPSA) is 47.6 Å². The van der Waals surface area contributed by atoms with E-state index in [-0.39, 0.29) is 5.97 Å². The molecule has 2 rings (SSSR count). The molecule has 0 spiro atoms. The molecule has 1 aliphatic heterocycles. The van der Waals surface area contributed by atoms with Crippen molar-refractivity contribution in [2.45, 2.75) is 12.8 Å². The summed E-state index contributed by atoms with van der Waals surface area (Å²) < 4.78 is 10.4. The fraction of sp³-hybridized carbons (Fsp3) is 0.500. The van der Waals surface area contributed by atoms with E-state index in [0.29, 0.717) is 11.5 Å². The third-order valence-electron chi connectivity index (χ3n) is 3.16. The molecule has 0 amide bonds. The summed E-state index contributed by atoms with van der Waals surface area (Å²) in [6, 6.07) is 7.06. The fourth-order valence-corrected chi connectivity index (χ4v) is 2.09. The maximum Gasteiger partial charge on any atom is 0.337 e. The van der Waals surface area contributed by atoms with Crippen molar-refractivity contribution in [1.82, 2.24) is 5.32 Å². The van der Waals surface area contributed by atoms with E-state index < -0.39 is 0 Å². The SMILES string of the molecule is COC(=O)c1ccc(OCC2CCCNC2)cc1. The van der Waals surface area contributed by atoms with Gasteiger partial charge < -0.3 is 14.8 Å². The summed E-state index contributed by atoms with van der Waals surface area (Å²) in [5.74, 6) is 1.06. The molecule has 1 N–H and O–H groups in total. The van der Waals surface area contributed by atoms with E-state index >= 15 is 0 Å². The van der Waals surface area contributed by atoms with E-state index in [1.54, 1.807) is 12.1 Å². The summed E-state index contributed by atoms with van der Waals surface area (Å²) in [5, 5.41) is 3.36. The molecule has 1 saturated heterocycles. The van der Waals surface area contributed by atoms with Gasteiger partial charge in [0.2, 0.25) is 0 Å². The maximum absolute atomic E-state index is 11.3. The molecule has 0 radical (unpaired) electrons. The average molecular weight is 249 g/mol. The largest absolute Gasteiger partial charge is 0.493 e. The van der Waals surface area contributed by atoms with Crippen LogP contribution in [0.4, 0.5) is 0 Å². The number of ether oxygens (including phenoxy) is 2. The number of methoxy groups -OCH3 is 1. The van der Waals surface area contributed by atoms with Gasteiger partial charge in [-0.2, -0.15) is 0 Å². The van der Waals surface area contributed by atoms with Crippen molar-refractivity contribution in [3.05, 3.63) is 29.8 Å². The molecule has 4 heteroatoms. The van der Waals surface area contributed by atoms with Crippen molar-refractivity contribution in [1.29, 1.82) is 0 Å². The van der Waals surface area contributed by atoms with Crippen LogP contribution in [0.3, 0.4) is 0 Å². The number of piperidine rings is 1. The molecule has 98 valence electrons. The number of rotatable bonds is 4. The number of hydrogen-bond acceptors (Lipinski definition) is 4. The Balaban J connectivity index is 1.84. The summed E-state index contributed by atoms with van der Waals surface area (Å²) >= 11 is 0. The Hall–Kier alpha value is -1.55. The summed E-state index contributed by atoms with van der Waals surface area (Å²) in [6.45, 7) is 2.87. The van der Waals surface area contributed by atoms with Crippen molar-refractivity contribution in [2.75, 3.05) is 26.8 Å². The minimum Gasteiger partial charge on any atom is -0.493 e. The standard InChI is InChI=1S/C14H19NO3/c1-17-14(16)12-4-6-13(7-5-12)18-10-11-3-2-8-15-9-11/h4-7,11,15H,2-3,8-10H2,1H3. The Morgan fingerprint density at radius 3 is 2.78 bits per heavy atom. The van der Waals surface area contributed by atoms with Crippen LogP contribution < -0.4 is 10.1 Å². The van der Waals surface area contributed by atoms with E-state index in [9.17, 15) is 4.79 Å². The molecular formula is C14H19NO3. The lowest BCUT2D eigenvalue weighted by atomic mass is 10.0. The molecule has 0 saturated carbocycles. The highest BCUT2D eigenvalue weighted by Gasteiger charge is 2.13. The Morgan fingerprint density at radius 1 is 1.39 bits per heavy atom. The van der Waals surface area contributed by atoms with Crippen molar-refractivity contribution in [3.8, 4) is 5.75 Å². The number of carbonyl (C=O) groups excluding carboxylic acids is 1. The first-order valence-corrected chi connectivity index (χ1v) is 6.31. The van der Waals surface area contributed by atoms with Crippen molar-refractivity contribution in [2.24, 2.45) is 5.92 Å². The van der Waals surface area contributed by atoms with Crippen LogP contribution in [-0.4, -0.2) is 32.8 Å². The first-order valence-electron chi connectivity index (χ1n) is 6.31. The molecule has 0 bridgehead atoms. The van der Waals surface area contributed by atoms with Crippen LogP contribution in [0.15, 0.2) is 24.3 Å². The highest BCUT2D eigenvalue weighted by Crippen LogP contribution is 2.16. The molecule has 1 heterocycles. The van der Waals surface area contributed by atoms with Gasteiger partial charge in [0.05, 0.1) is 19.3 Å². The van der Waals surface area contributed by atoms with Crippen LogP contribution in [0.2, 0.25) is 0 Å². The molecule has 0 aliphatic carbocycles. The van der Waals surface area contributed by atoms with E-state index in [1.807, 2.05) is 12.1 Å². The smallest absolute Gasteiger partial charge is 0.337 e. The quantitative estimate of drug-likeness (QED) is 0.827. The number of carbonyl (C=O) groups is 1. The highest BCUT2D eigenvalue weighted by molar-refractivity contribution is 5.89. The van der Waals surface area contributed by atoms with Gasteiger partial charge in [-0.1, -0.05) is 0 Å². The van der Waals surface area contributed by atoms with Gasteiger partial charge in [-0.25, -0.2) is 4.79 Å². The first kappa shape index (κ1) is 12.9. The summed E-state index contributed by atoms with van der Waals surface area (Å²) in [7, 11) is 1.38. The summed E-state index contributed by atoms with van der Waals surface area (Å²) in [4.78, 5) is 11.3. The number of esters is 1. The van der Waals surface area contributed by atoms with Crippen LogP contribution in [-0.2, 0) is 4.74 Å². The lowest BCUT2D eigenvalue weighted by Crippen LogP contribution is -2.33. The minimum absolute atomic E-state index is 0.321. The normalized spacial score (nSPS) is 19.3. The van der Waals surface area contributed by atoms with E-state index in [2.05, 4.69) is 10.1 Å². The number of nitrogens with one attached hydrogen (secondary N) is 1. The average Bonchev–Trinajstić information content (AvgIpc) is 2.46. The van der Waals surface area contributed by atoms with Gasteiger partial charge >= 0.3 is 5.97 Å². The van der Waals surface area contributed by atoms with Crippen LogP contribution in [0, 0.1) is 5.92 Å². The van der Waals surface area contributed by atoms with Gasteiger partial charge in [0.15, 0.2) is 0 Å². The Morgan fingerprint density at radius 2 is 2.17 bits per heavy atom. The number of hydrogen-bond donors (Lipinski definition) is 1. The Labute approximate surface area is 107 Å². The molecule has 0 aromatic heterocycles. The van der Waals surface area contributed by atoms with Gasteiger partial charge in [0, 0.05) is 12.5 Å². The molecule has 1 fully saturated rings. The van der Waals surface area contributed by atoms with Gasteiger partial charge in [-0.3, -0.25) is 0 Å². The lowest BCUT2D eigenvalue weighted by molar-refractivity contribution is 0.0600. The van der Waals surface area contributed by atoms with Crippen LogP contribution in [0.1, 0.15) is 23.2 Å². The number of benzene rings is 1. The predicted molar refractivity (Wildman–Crippen MR) is 68.9 cm³/mol. The van der Waals surface area contributed by atoms with Gasteiger partial charge in [-0.15, -0.1) is 0 Å². The lowest BCUT2D eigenvalue weighted by Gasteiger charge is -2.22. The maximum atomic E-state index is 11.3. The molecule has 1 unspecified atom stereocenters. The molecule has 1 atom stereocenters. The van der Waals surface area contributed by atoms with Crippen molar-refractivity contribution < 1.29 is 14.3 Å². The third-order valence-corrected chi connectivity index (χ3v) is 3.16.